The standard InChI is InChI=1S/C18H36N6O2S/c1-3-13-27(25,26)24-7-5-16(6-8-24)21-18(19-4-2)20-14-17-15-22-9-11-23(17)12-10-22/h16-17H,3-15H2,1-2H3,(H2,19,20,21). The molecule has 0 spiro atoms. The number of nitrogens with zero attached hydrogens (tertiary/aromatic N) is 4. The molecule has 0 aliphatic carbocycles. The van der Waals surface area contributed by atoms with Crippen LogP contribution < -0.4 is 10.6 Å². The lowest BCUT2D eigenvalue weighted by molar-refractivity contribution is 0.0174. The van der Waals surface area contributed by atoms with E-state index >= 15 is 0 Å². The highest BCUT2D eigenvalue weighted by Crippen LogP contribution is 2.17. The van der Waals surface area contributed by atoms with Gasteiger partial charge in [-0.2, -0.15) is 0 Å². The van der Waals surface area contributed by atoms with Crippen molar-refractivity contribution < 1.29 is 8.42 Å². The van der Waals surface area contributed by atoms with E-state index in [1.54, 1.807) is 4.31 Å². The van der Waals surface area contributed by atoms with Crippen molar-refractivity contribution in [3.63, 3.8) is 0 Å². The summed E-state index contributed by atoms with van der Waals surface area (Å²) >= 11 is 0. The summed E-state index contributed by atoms with van der Waals surface area (Å²) in [4.78, 5) is 9.94. The molecule has 0 amide bonds. The summed E-state index contributed by atoms with van der Waals surface area (Å²) in [5.74, 6) is 1.12. The second-order valence-electron chi connectivity index (χ2n) is 7.84. The number of piperazine rings is 3. The van der Waals surface area contributed by atoms with Crippen molar-refractivity contribution in [3.05, 3.63) is 0 Å². The van der Waals surface area contributed by atoms with Crippen molar-refractivity contribution in [1.29, 1.82) is 0 Å². The largest absolute Gasteiger partial charge is 0.357 e. The molecule has 2 N–H and O–H groups in total. The number of hydrogen-bond acceptors (Lipinski definition) is 5. The monoisotopic (exact) mass is 400 g/mol. The molecule has 0 aromatic heterocycles. The van der Waals surface area contributed by atoms with Gasteiger partial charge in [0.1, 0.15) is 0 Å². The molecule has 1 unspecified atom stereocenters. The fourth-order valence-corrected chi connectivity index (χ4v) is 5.81. The summed E-state index contributed by atoms with van der Waals surface area (Å²) in [6.07, 6.45) is 2.33. The highest BCUT2D eigenvalue weighted by Gasteiger charge is 2.32. The number of rotatable bonds is 7. The Morgan fingerprint density at radius 3 is 2.33 bits per heavy atom. The number of aliphatic imine (C=N–C) groups is 1. The maximum absolute atomic E-state index is 12.2. The van der Waals surface area contributed by atoms with Gasteiger partial charge in [-0.1, -0.05) is 6.92 Å². The number of fused-ring (bicyclic) bond motifs is 3. The van der Waals surface area contributed by atoms with Crippen LogP contribution in [0.2, 0.25) is 0 Å². The lowest BCUT2D eigenvalue weighted by atomic mass is 10.1. The second-order valence-corrected chi connectivity index (χ2v) is 9.93. The summed E-state index contributed by atoms with van der Waals surface area (Å²) in [5.41, 5.74) is 0. The van der Waals surface area contributed by atoms with Gasteiger partial charge in [0.15, 0.2) is 5.96 Å². The minimum atomic E-state index is -3.08. The zero-order chi connectivity index (χ0) is 19.3. The van der Waals surface area contributed by atoms with Gasteiger partial charge in [-0.3, -0.25) is 14.8 Å². The predicted molar refractivity (Wildman–Crippen MR) is 110 cm³/mol. The molecular formula is C18H36N6O2S. The topological polar surface area (TPSA) is 80.3 Å². The average molecular weight is 401 g/mol. The Labute approximate surface area is 164 Å². The maximum Gasteiger partial charge on any atom is 0.214 e. The van der Waals surface area contributed by atoms with E-state index in [4.69, 9.17) is 4.99 Å². The van der Waals surface area contributed by atoms with Gasteiger partial charge in [-0.05, 0) is 26.2 Å². The zero-order valence-corrected chi connectivity index (χ0v) is 17.7. The van der Waals surface area contributed by atoms with E-state index in [0.29, 0.717) is 25.6 Å². The Kier molecular flexibility index (Phi) is 7.35. The molecule has 1 atom stereocenters. The van der Waals surface area contributed by atoms with Gasteiger partial charge < -0.3 is 10.6 Å². The maximum atomic E-state index is 12.2. The van der Waals surface area contributed by atoms with E-state index in [2.05, 4.69) is 27.4 Å². The van der Waals surface area contributed by atoms with Crippen LogP contribution in [0.1, 0.15) is 33.1 Å². The van der Waals surface area contributed by atoms with Crippen LogP contribution in [0.4, 0.5) is 0 Å². The van der Waals surface area contributed by atoms with Crippen LogP contribution in [0.3, 0.4) is 0 Å². The average Bonchev–Trinajstić information content (AvgIpc) is 2.68. The second kappa shape index (κ2) is 9.54. The van der Waals surface area contributed by atoms with Crippen LogP contribution in [-0.2, 0) is 10.0 Å². The number of sulfonamides is 1. The summed E-state index contributed by atoms with van der Waals surface area (Å²) < 4.78 is 26.1. The van der Waals surface area contributed by atoms with E-state index in [-0.39, 0.29) is 11.8 Å². The van der Waals surface area contributed by atoms with E-state index in [1.165, 1.54) is 13.1 Å². The van der Waals surface area contributed by atoms with Crippen molar-refractivity contribution in [1.82, 2.24) is 24.7 Å². The summed E-state index contributed by atoms with van der Waals surface area (Å²) in [6, 6.07) is 0.798. The molecule has 0 saturated carbocycles. The van der Waals surface area contributed by atoms with Gasteiger partial charge in [0, 0.05) is 64.4 Å². The Bertz CT molecular complexity index is 595. The van der Waals surface area contributed by atoms with Crippen LogP contribution in [0, 0.1) is 0 Å². The Morgan fingerprint density at radius 2 is 1.78 bits per heavy atom. The van der Waals surface area contributed by atoms with Crippen molar-refractivity contribution in [2.45, 2.75) is 45.2 Å². The number of guanidine groups is 1. The fourth-order valence-electron chi connectivity index (χ4n) is 4.27. The SMILES string of the molecule is CCCS(=O)(=O)N1CCC(NC(=NCC2CN3CCN2CC3)NCC)CC1. The third-order valence-electron chi connectivity index (χ3n) is 5.85. The molecule has 4 rings (SSSR count). The minimum Gasteiger partial charge on any atom is -0.357 e. The number of hydrogen-bond donors (Lipinski definition) is 2. The molecule has 0 aromatic carbocycles. The van der Waals surface area contributed by atoms with Crippen LogP contribution >= 0.6 is 0 Å². The Morgan fingerprint density at radius 1 is 1.07 bits per heavy atom. The van der Waals surface area contributed by atoms with E-state index < -0.39 is 10.0 Å². The van der Waals surface area contributed by atoms with Gasteiger partial charge in [0.2, 0.25) is 10.0 Å². The molecule has 27 heavy (non-hydrogen) atoms. The Hall–Kier alpha value is -0.900. The molecule has 156 valence electrons. The minimum absolute atomic E-state index is 0.254. The van der Waals surface area contributed by atoms with Gasteiger partial charge in [-0.25, -0.2) is 12.7 Å². The quantitative estimate of drug-likeness (QED) is 0.453. The number of piperidine rings is 1. The predicted octanol–water partition coefficient (Wildman–Crippen LogP) is -0.254. The highest BCUT2D eigenvalue weighted by molar-refractivity contribution is 7.89. The first-order valence-corrected chi connectivity index (χ1v) is 12.1. The molecule has 4 aliphatic rings. The van der Waals surface area contributed by atoms with Crippen molar-refractivity contribution >= 4 is 16.0 Å². The van der Waals surface area contributed by atoms with Gasteiger partial charge in [-0.15, -0.1) is 0 Å². The summed E-state index contributed by atoms with van der Waals surface area (Å²) in [5, 5.41) is 6.88. The van der Waals surface area contributed by atoms with Gasteiger partial charge in [0.25, 0.3) is 0 Å². The van der Waals surface area contributed by atoms with Crippen LogP contribution in [0.15, 0.2) is 4.99 Å². The van der Waals surface area contributed by atoms with Gasteiger partial charge >= 0.3 is 0 Å². The molecular weight excluding hydrogens is 364 g/mol. The van der Waals surface area contributed by atoms with Crippen LogP contribution in [0.25, 0.3) is 0 Å². The molecule has 4 fully saturated rings. The van der Waals surface area contributed by atoms with Crippen LogP contribution in [-0.4, -0.2) is 105 Å². The molecule has 0 radical (unpaired) electrons. The fraction of sp³-hybridized carbons (Fsp3) is 0.944. The normalized spacial score (nSPS) is 30.4. The molecule has 8 nitrogen and oxygen atoms in total. The smallest absolute Gasteiger partial charge is 0.214 e. The zero-order valence-electron chi connectivity index (χ0n) is 16.9. The van der Waals surface area contributed by atoms with E-state index in [9.17, 15) is 8.42 Å². The van der Waals surface area contributed by atoms with E-state index in [1.807, 2.05) is 6.92 Å². The molecule has 9 heteroatoms. The molecule has 2 bridgehead atoms. The molecule has 4 saturated heterocycles. The van der Waals surface area contributed by atoms with Crippen molar-refractivity contribution in [2.24, 2.45) is 4.99 Å². The molecule has 4 aliphatic heterocycles. The highest BCUT2D eigenvalue weighted by atomic mass is 32.2. The molecule has 4 heterocycles. The number of nitrogens with one attached hydrogen (secondary N) is 2. The van der Waals surface area contributed by atoms with Crippen LogP contribution in [0.5, 0.6) is 0 Å². The van der Waals surface area contributed by atoms with Crippen molar-refractivity contribution in [3.8, 4) is 0 Å². The first kappa shape index (κ1) is 20.8. The first-order valence-electron chi connectivity index (χ1n) is 10.5. The lowest BCUT2D eigenvalue weighted by Crippen LogP contribution is -2.62. The third kappa shape index (κ3) is 5.56. The summed E-state index contributed by atoms with van der Waals surface area (Å²) in [7, 11) is -3.08. The lowest BCUT2D eigenvalue weighted by Gasteiger charge is -2.47. The Balaban J connectivity index is 1.50. The first-order chi connectivity index (χ1) is 13.0. The van der Waals surface area contributed by atoms with Gasteiger partial charge in [0.05, 0.1) is 12.3 Å². The van der Waals surface area contributed by atoms with E-state index in [0.717, 1.165) is 51.5 Å². The third-order valence-corrected chi connectivity index (χ3v) is 7.92. The summed E-state index contributed by atoms with van der Waals surface area (Å²) in [6.45, 7) is 12.7. The van der Waals surface area contributed by atoms with Crippen molar-refractivity contribution in [2.75, 3.05) is 64.7 Å². The molecule has 0 aromatic rings.